The number of amides is 1. The highest BCUT2D eigenvalue weighted by molar-refractivity contribution is 5.72. The third kappa shape index (κ3) is 3.71. The Hall–Kier alpha value is -1.62. The second-order valence-corrected chi connectivity index (χ2v) is 4.13. The van der Waals surface area contributed by atoms with Crippen LogP contribution in [0.4, 0.5) is 0 Å². The lowest BCUT2D eigenvalue weighted by Crippen LogP contribution is -2.21. The zero-order chi connectivity index (χ0) is 12.1. The van der Waals surface area contributed by atoms with E-state index < -0.39 is 0 Å². The second kappa shape index (κ2) is 5.63. The van der Waals surface area contributed by atoms with Gasteiger partial charge in [0.15, 0.2) is 0 Å². The topological polar surface area (TPSA) is 63.2 Å². The van der Waals surface area contributed by atoms with Gasteiger partial charge in [-0.2, -0.15) is 0 Å². The van der Waals surface area contributed by atoms with Crippen molar-refractivity contribution in [2.45, 2.75) is 26.0 Å². The fourth-order valence-corrected chi connectivity index (χ4v) is 1.76. The van der Waals surface area contributed by atoms with Crippen molar-refractivity contribution in [3.05, 3.63) is 24.0 Å². The molecule has 1 aliphatic heterocycles. The maximum absolute atomic E-state index is 10.8. The number of hydrogen-bond acceptors (Lipinski definition) is 4. The molecule has 0 saturated carbocycles. The van der Waals surface area contributed by atoms with Crippen molar-refractivity contribution >= 4 is 5.91 Å². The van der Waals surface area contributed by atoms with Gasteiger partial charge in [-0.25, -0.2) is 0 Å². The number of carbonyl (C=O) groups excluding carboxylic acids is 1. The Morgan fingerprint density at radius 1 is 1.71 bits per heavy atom. The first-order valence-electron chi connectivity index (χ1n) is 5.81. The van der Waals surface area contributed by atoms with Crippen LogP contribution in [0.25, 0.3) is 0 Å². The van der Waals surface area contributed by atoms with Crippen LogP contribution in [-0.2, 0) is 11.3 Å². The Morgan fingerprint density at radius 3 is 3.29 bits per heavy atom. The fourth-order valence-electron chi connectivity index (χ4n) is 1.76. The Balaban J connectivity index is 1.93. The van der Waals surface area contributed by atoms with Gasteiger partial charge in [0.05, 0.1) is 12.2 Å². The molecule has 0 radical (unpaired) electrons. The predicted octanol–water partition coefficient (Wildman–Crippen LogP) is 0.458. The molecule has 2 rings (SSSR count). The maximum Gasteiger partial charge on any atom is 0.217 e. The zero-order valence-electron chi connectivity index (χ0n) is 9.90. The van der Waals surface area contributed by atoms with E-state index in [1.54, 1.807) is 6.20 Å². The number of pyridine rings is 1. The van der Waals surface area contributed by atoms with Crippen molar-refractivity contribution < 1.29 is 9.53 Å². The SMILES string of the molecule is CC(=O)NCc1cc(O[C@@H]2CCNC2)ccn1. The molecule has 2 heterocycles. The lowest BCUT2D eigenvalue weighted by Gasteiger charge is -2.12. The van der Waals surface area contributed by atoms with Gasteiger partial charge in [-0.3, -0.25) is 9.78 Å². The van der Waals surface area contributed by atoms with Gasteiger partial charge in [0.1, 0.15) is 11.9 Å². The van der Waals surface area contributed by atoms with Gasteiger partial charge >= 0.3 is 0 Å². The summed E-state index contributed by atoms with van der Waals surface area (Å²) < 4.78 is 5.81. The minimum Gasteiger partial charge on any atom is -0.489 e. The van der Waals surface area contributed by atoms with E-state index in [-0.39, 0.29) is 12.0 Å². The molecule has 5 heteroatoms. The first kappa shape index (κ1) is 11.9. The summed E-state index contributed by atoms with van der Waals surface area (Å²) >= 11 is 0. The van der Waals surface area contributed by atoms with Crippen molar-refractivity contribution in [1.29, 1.82) is 0 Å². The number of aromatic nitrogens is 1. The van der Waals surface area contributed by atoms with Crippen molar-refractivity contribution in [3.63, 3.8) is 0 Å². The van der Waals surface area contributed by atoms with Gasteiger partial charge in [-0.1, -0.05) is 0 Å². The Kier molecular flexibility index (Phi) is 3.93. The predicted molar refractivity (Wildman–Crippen MR) is 63.7 cm³/mol. The minimum absolute atomic E-state index is 0.0573. The van der Waals surface area contributed by atoms with Gasteiger partial charge in [-0.05, 0) is 19.0 Å². The number of ether oxygens (including phenoxy) is 1. The standard InChI is InChI=1S/C12H17N3O2/c1-9(16)15-7-10-6-11(3-5-14-10)17-12-2-4-13-8-12/h3,5-6,12-13H,2,4,7-8H2,1H3,(H,15,16)/t12-/m1/s1. The van der Waals surface area contributed by atoms with Crippen molar-refractivity contribution in [2.75, 3.05) is 13.1 Å². The Bertz CT molecular complexity index is 389. The molecular weight excluding hydrogens is 218 g/mol. The monoisotopic (exact) mass is 235 g/mol. The molecule has 0 unspecified atom stereocenters. The van der Waals surface area contributed by atoms with E-state index in [1.165, 1.54) is 6.92 Å². The average Bonchev–Trinajstić information content (AvgIpc) is 2.80. The molecule has 0 bridgehead atoms. The first-order valence-corrected chi connectivity index (χ1v) is 5.81. The van der Waals surface area contributed by atoms with Gasteiger partial charge in [0, 0.05) is 25.7 Å². The quantitative estimate of drug-likeness (QED) is 0.795. The van der Waals surface area contributed by atoms with Gasteiger partial charge in [0.2, 0.25) is 5.91 Å². The average molecular weight is 235 g/mol. The summed E-state index contributed by atoms with van der Waals surface area (Å²) in [6, 6.07) is 3.71. The number of nitrogens with zero attached hydrogens (tertiary/aromatic N) is 1. The van der Waals surface area contributed by atoms with E-state index in [1.807, 2.05) is 12.1 Å². The summed E-state index contributed by atoms with van der Waals surface area (Å²) in [5, 5.41) is 5.96. The smallest absolute Gasteiger partial charge is 0.217 e. The number of hydrogen-bond donors (Lipinski definition) is 2. The van der Waals surface area contributed by atoms with Crippen LogP contribution in [0, 0.1) is 0 Å². The number of carbonyl (C=O) groups is 1. The molecule has 0 spiro atoms. The third-order valence-corrected chi connectivity index (χ3v) is 2.62. The summed E-state index contributed by atoms with van der Waals surface area (Å²) in [6.07, 6.45) is 2.98. The van der Waals surface area contributed by atoms with E-state index in [0.29, 0.717) is 6.54 Å². The maximum atomic E-state index is 10.8. The molecule has 1 atom stereocenters. The van der Waals surface area contributed by atoms with Crippen LogP contribution in [0.2, 0.25) is 0 Å². The van der Waals surface area contributed by atoms with E-state index in [0.717, 1.165) is 31.0 Å². The molecule has 2 N–H and O–H groups in total. The fraction of sp³-hybridized carbons (Fsp3) is 0.500. The van der Waals surface area contributed by atoms with Crippen LogP contribution < -0.4 is 15.4 Å². The third-order valence-electron chi connectivity index (χ3n) is 2.62. The number of rotatable bonds is 4. The minimum atomic E-state index is -0.0573. The summed E-state index contributed by atoms with van der Waals surface area (Å²) in [5.41, 5.74) is 0.809. The highest BCUT2D eigenvalue weighted by Crippen LogP contribution is 2.15. The summed E-state index contributed by atoms with van der Waals surface area (Å²) in [4.78, 5) is 15.0. The van der Waals surface area contributed by atoms with Crippen molar-refractivity contribution in [2.24, 2.45) is 0 Å². The normalized spacial score (nSPS) is 19.0. The molecule has 0 aromatic carbocycles. The molecule has 0 aliphatic carbocycles. The molecule has 1 aromatic rings. The first-order chi connectivity index (χ1) is 8.24. The number of nitrogens with one attached hydrogen (secondary N) is 2. The lowest BCUT2D eigenvalue weighted by molar-refractivity contribution is -0.119. The van der Waals surface area contributed by atoms with Gasteiger partial charge in [-0.15, -0.1) is 0 Å². The molecule has 92 valence electrons. The van der Waals surface area contributed by atoms with Crippen LogP contribution in [0.5, 0.6) is 5.75 Å². The van der Waals surface area contributed by atoms with Crippen LogP contribution in [-0.4, -0.2) is 30.1 Å². The van der Waals surface area contributed by atoms with E-state index in [4.69, 9.17) is 4.74 Å². The van der Waals surface area contributed by atoms with Crippen molar-refractivity contribution in [3.8, 4) is 5.75 Å². The van der Waals surface area contributed by atoms with Crippen LogP contribution in [0.15, 0.2) is 18.3 Å². The molecule has 1 amide bonds. The van der Waals surface area contributed by atoms with E-state index in [2.05, 4.69) is 15.6 Å². The van der Waals surface area contributed by atoms with Gasteiger partial charge < -0.3 is 15.4 Å². The molecule has 1 saturated heterocycles. The van der Waals surface area contributed by atoms with E-state index in [9.17, 15) is 4.79 Å². The molecule has 5 nitrogen and oxygen atoms in total. The molecular formula is C12H17N3O2. The van der Waals surface area contributed by atoms with Crippen LogP contribution >= 0.6 is 0 Å². The largest absolute Gasteiger partial charge is 0.489 e. The molecule has 1 fully saturated rings. The molecule has 1 aromatic heterocycles. The Morgan fingerprint density at radius 2 is 2.59 bits per heavy atom. The van der Waals surface area contributed by atoms with Gasteiger partial charge in [0.25, 0.3) is 0 Å². The molecule has 1 aliphatic rings. The highest BCUT2D eigenvalue weighted by atomic mass is 16.5. The molecule has 17 heavy (non-hydrogen) atoms. The van der Waals surface area contributed by atoms with E-state index >= 15 is 0 Å². The lowest BCUT2D eigenvalue weighted by atomic mass is 10.3. The van der Waals surface area contributed by atoms with Crippen LogP contribution in [0.1, 0.15) is 19.0 Å². The summed E-state index contributed by atoms with van der Waals surface area (Å²) in [6.45, 7) is 3.83. The zero-order valence-corrected chi connectivity index (χ0v) is 9.90. The highest BCUT2D eigenvalue weighted by Gasteiger charge is 2.15. The second-order valence-electron chi connectivity index (χ2n) is 4.13. The summed E-state index contributed by atoms with van der Waals surface area (Å²) in [7, 11) is 0. The van der Waals surface area contributed by atoms with Crippen LogP contribution in [0.3, 0.4) is 0 Å². The summed E-state index contributed by atoms with van der Waals surface area (Å²) in [5.74, 6) is 0.757. The Labute approximate surface area is 101 Å². The van der Waals surface area contributed by atoms with Crippen molar-refractivity contribution in [1.82, 2.24) is 15.6 Å².